The van der Waals surface area contributed by atoms with E-state index in [4.69, 9.17) is 14.2 Å². The lowest BCUT2D eigenvalue weighted by molar-refractivity contribution is -0.135. The summed E-state index contributed by atoms with van der Waals surface area (Å²) in [6, 6.07) is 9.79. The molecule has 0 saturated carbocycles. The molecule has 7 nitrogen and oxygen atoms in total. The van der Waals surface area contributed by atoms with Gasteiger partial charge in [-0.3, -0.25) is 4.79 Å². The van der Waals surface area contributed by atoms with Crippen molar-refractivity contribution in [3.8, 4) is 11.8 Å². The molecule has 2 aromatic rings. The number of carbonyl (C=O) groups is 1. The highest BCUT2D eigenvalue weighted by Gasteiger charge is 2.28. The second-order valence-electron chi connectivity index (χ2n) is 5.72. The predicted molar refractivity (Wildman–Crippen MR) is 90.3 cm³/mol. The van der Waals surface area contributed by atoms with Gasteiger partial charge in [0, 0.05) is 25.4 Å². The highest BCUT2D eigenvalue weighted by atomic mass is 16.5. The first kappa shape index (κ1) is 17.2. The molecule has 1 amide bonds. The Morgan fingerprint density at radius 1 is 1.20 bits per heavy atom. The molecule has 1 saturated heterocycles. The zero-order valence-electron chi connectivity index (χ0n) is 14.1. The van der Waals surface area contributed by atoms with Crippen molar-refractivity contribution in [3.63, 3.8) is 0 Å². The molecule has 0 N–H and O–H groups in total. The number of hydrogen-bond acceptors (Lipinski definition) is 6. The average molecular weight is 343 g/mol. The first-order valence-corrected chi connectivity index (χ1v) is 8.17. The SMILES string of the molecule is COc1nccnc1O[C@H]1CCN(C(=O)COCc2ccccc2)C1. The van der Waals surface area contributed by atoms with Gasteiger partial charge < -0.3 is 19.1 Å². The van der Waals surface area contributed by atoms with Crippen LogP contribution < -0.4 is 9.47 Å². The van der Waals surface area contributed by atoms with E-state index in [-0.39, 0.29) is 18.6 Å². The van der Waals surface area contributed by atoms with E-state index in [1.807, 2.05) is 30.3 Å². The maximum absolute atomic E-state index is 12.2. The number of carbonyl (C=O) groups excluding carboxylic acids is 1. The Bertz CT molecular complexity index is 696. The summed E-state index contributed by atoms with van der Waals surface area (Å²) in [5.41, 5.74) is 1.05. The van der Waals surface area contributed by atoms with E-state index >= 15 is 0 Å². The smallest absolute Gasteiger partial charge is 0.278 e. The molecule has 25 heavy (non-hydrogen) atoms. The van der Waals surface area contributed by atoms with E-state index in [0.717, 1.165) is 12.0 Å². The number of rotatable bonds is 7. The molecule has 1 aromatic carbocycles. The van der Waals surface area contributed by atoms with Crippen LogP contribution in [0.3, 0.4) is 0 Å². The van der Waals surface area contributed by atoms with Crippen molar-refractivity contribution in [2.75, 3.05) is 26.8 Å². The van der Waals surface area contributed by atoms with Crippen LogP contribution in [-0.2, 0) is 16.1 Å². The largest absolute Gasteiger partial charge is 0.477 e. The summed E-state index contributed by atoms with van der Waals surface area (Å²) in [7, 11) is 1.52. The average Bonchev–Trinajstić information content (AvgIpc) is 3.12. The molecule has 132 valence electrons. The summed E-state index contributed by atoms with van der Waals surface area (Å²) >= 11 is 0. The highest BCUT2D eigenvalue weighted by molar-refractivity contribution is 5.77. The monoisotopic (exact) mass is 343 g/mol. The van der Waals surface area contributed by atoms with Crippen LogP contribution in [-0.4, -0.2) is 53.7 Å². The molecule has 1 fully saturated rings. The van der Waals surface area contributed by atoms with Gasteiger partial charge >= 0.3 is 0 Å². The van der Waals surface area contributed by atoms with Crippen molar-refractivity contribution in [3.05, 3.63) is 48.3 Å². The van der Waals surface area contributed by atoms with Gasteiger partial charge in [-0.1, -0.05) is 30.3 Å². The van der Waals surface area contributed by atoms with Gasteiger partial charge in [0.25, 0.3) is 11.8 Å². The van der Waals surface area contributed by atoms with Crippen LogP contribution in [0, 0.1) is 0 Å². The number of nitrogens with zero attached hydrogens (tertiary/aromatic N) is 3. The topological polar surface area (TPSA) is 73.8 Å². The molecule has 7 heteroatoms. The van der Waals surface area contributed by atoms with E-state index in [9.17, 15) is 4.79 Å². The minimum atomic E-state index is -0.122. The van der Waals surface area contributed by atoms with Crippen molar-refractivity contribution in [2.45, 2.75) is 19.1 Å². The zero-order chi connectivity index (χ0) is 17.5. The third kappa shape index (κ3) is 4.67. The highest BCUT2D eigenvalue weighted by Crippen LogP contribution is 2.23. The lowest BCUT2D eigenvalue weighted by atomic mass is 10.2. The lowest BCUT2D eigenvalue weighted by Crippen LogP contribution is -2.33. The van der Waals surface area contributed by atoms with Gasteiger partial charge in [0.05, 0.1) is 20.3 Å². The molecule has 0 aliphatic carbocycles. The Labute approximate surface area is 146 Å². The second kappa shape index (κ2) is 8.43. The number of likely N-dealkylation sites (tertiary alicyclic amines) is 1. The zero-order valence-corrected chi connectivity index (χ0v) is 14.1. The number of hydrogen-bond donors (Lipinski definition) is 0. The molecule has 0 bridgehead atoms. The Morgan fingerprint density at radius 3 is 2.72 bits per heavy atom. The third-order valence-corrected chi connectivity index (χ3v) is 3.94. The Balaban J connectivity index is 1.45. The van der Waals surface area contributed by atoms with Gasteiger partial charge in [-0.25, -0.2) is 9.97 Å². The first-order valence-electron chi connectivity index (χ1n) is 8.17. The lowest BCUT2D eigenvalue weighted by Gasteiger charge is -2.17. The van der Waals surface area contributed by atoms with Crippen molar-refractivity contribution < 1.29 is 19.0 Å². The van der Waals surface area contributed by atoms with E-state index in [1.165, 1.54) is 7.11 Å². The number of aromatic nitrogens is 2. The molecule has 1 aliphatic rings. The van der Waals surface area contributed by atoms with Gasteiger partial charge in [0.15, 0.2) is 0 Å². The fourth-order valence-corrected chi connectivity index (χ4v) is 2.66. The minimum Gasteiger partial charge on any atom is -0.477 e. The maximum Gasteiger partial charge on any atom is 0.278 e. The van der Waals surface area contributed by atoms with Crippen molar-refractivity contribution in [1.29, 1.82) is 0 Å². The Morgan fingerprint density at radius 2 is 1.96 bits per heavy atom. The molecule has 2 heterocycles. The van der Waals surface area contributed by atoms with Crippen molar-refractivity contribution in [2.24, 2.45) is 0 Å². The Kier molecular flexibility index (Phi) is 5.79. The summed E-state index contributed by atoms with van der Waals surface area (Å²) in [5, 5.41) is 0. The standard InChI is InChI=1S/C18H21N3O4/c1-23-17-18(20-9-8-19-17)25-15-7-10-21(11-15)16(22)13-24-12-14-5-3-2-4-6-14/h2-6,8-9,15H,7,10-13H2,1H3/t15-/m0/s1. The second-order valence-corrected chi connectivity index (χ2v) is 5.72. The summed E-state index contributed by atoms with van der Waals surface area (Å²) in [4.78, 5) is 22.2. The van der Waals surface area contributed by atoms with Crippen molar-refractivity contribution in [1.82, 2.24) is 14.9 Å². The fraction of sp³-hybridized carbons (Fsp3) is 0.389. The number of amides is 1. The molecular formula is C18H21N3O4. The van der Waals surface area contributed by atoms with Crippen LogP contribution in [0.2, 0.25) is 0 Å². The Hall–Kier alpha value is -2.67. The third-order valence-electron chi connectivity index (χ3n) is 3.94. The van der Waals surface area contributed by atoms with E-state index in [2.05, 4.69) is 9.97 Å². The minimum absolute atomic E-state index is 0.0341. The molecule has 0 unspecified atom stereocenters. The van der Waals surface area contributed by atoms with Gasteiger partial charge in [-0.2, -0.15) is 0 Å². The maximum atomic E-state index is 12.2. The number of ether oxygens (including phenoxy) is 3. The van der Waals surface area contributed by atoms with Gasteiger partial charge in [-0.05, 0) is 5.56 Å². The molecule has 1 atom stereocenters. The number of benzene rings is 1. The molecule has 1 aliphatic heterocycles. The van der Waals surface area contributed by atoms with Gasteiger partial charge in [0.2, 0.25) is 5.91 Å². The summed E-state index contributed by atoms with van der Waals surface area (Å²) in [5.74, 6) is 0.663. The molecule has 1 aromatic heterocycles. The van der Waals surface area contributed by atoms with Crippen LogP contribution in [0.25, 0.3) is 0 Å². The molecule has 0 spiro atoms. The quantitative estimate of drug-likeness (QED) is 0.762. The van der Waals surface area contributed by atoms with Crippen LogP contribution in [0.1, 0.15) is 12.0 Å². The van der Waals surface area contributed by atoms with Crippen molar-refractivity contribution >= 4 is 5.91 Å². The van der Waals surface area contributed by atoms with E-state index in [1.54, 1.807) is 17.3 Å². The van der Waals surface area contributed by atoms with Gasteiger partial charge in [-0.15, -0.1) is 0 Å². The molecule has 0 radical (unpaired) electrons. The normalized spacial score (nSPS) is 16.7. The summed E-state index contributed by atoms with van der Waals surface area (Å²) < 4.78 is 16.5. The van der Waals surface area contributed by atoms with E-state index in [0.29, 0.717) is 31.5 Å². The number of methoxy groups -OCH3 is 1. The fourth-order valence-electron chi connectivity index (χ4n) is 2.66. The molecular weight excluding hydrogens is 322 g/mol. The summed E-state index contributed by atoms with van der Waals surface area (Å²) in [6.45, 7) is 1.64. The first-order chi connectivity index (χ1) is 12.3. The summed E-state index contributed by atoms with van der Waals surface area (Å²) in [6.07, 6.45) is 3.71. The van der Waals surface area contributed by atoms with Gasteiger partial charge in [0.1, 0.15) is 12.7 Å². The molecule has 3 rings (SSSR count). The van der Waals surface area contributed by atoms with Crippen LogP contribution >= 0.6 is 0 Å². The van der Waals surface area contributed by atoms with Crippen LogP contribution in [0.4, 0.5) is 0 Å². The van der Waals surface area contributed by atoms with Crippen LogP contribution in [0.15, 0.2) is 42.7 Å². The predicted octanol–water partition coefficient (Wildman–Crippen LogP) is 1.68. The van der Waals surface area contributed by atoms with E-state index < -0.39 is 0 Å². The van der Waals surface area contributed by atoms with Crippen LogP contribution in [0.5, 0.6) is 11.8 Å².